The van der Waals surface area contributed by atoms with Crippen LogP contribution in [0.5, 0.6) is 0 Å². The molecule has 1 atom stereocenters. The van der Waals surface area contributed by atoms with Crippen molar-refractivity contribution < 1.29 is 0 Å². The summed E-state index contributed by atoms with van der Waals surface area (Å²) in [5, 5.41) is 4.27. The molecule has 0 amide bonds. The second-order valence-corrected chi connectivity index (χ2v) is 5.48. The minimum absolute atomic E-state index is 0.274. The van der Waals surface area contributed by atoms with Gasteiger partial charge in [-0.3, -0.25) is 4.90 Å². The third kappa shape index (κ3) is 3.17. The summed E-state index contributed by atoms with van der Waals surface area (Å²) in [4.78, 5) is 6.60. The first-order valence-electron chi connectivity index (χ1n) is 6.93. The molecule has 0 spiro atoms. The monoisotopic (exact) mass is 273 g/mol. The van der Waals surface area contributed by atoms with Gasteiger partial charge in [0.15, 0.2) is 0 Å². The van der Waals surface area contributed by atoms with Crippen LogP contribution in [0.15, 0.2) is 30.6 Å². The quantitative estimate of drug-likeness (QED) is 0.851. The third-order valence-electron chi connectivity index (χ3n) is 3.58. The molecule has 0 saturated carbocycles. The molecule has 1 heterocycles. The van der Waals surface area contributed by atoms with E-state index in [-0.39, 0.29) is 6.04 Å². The zero-order valence-corrected chi connectivity index (χ0v) is 12.6. The van der Waals surface area contributed by atoms with Crippen LogP contribution in [-0.2, 0) is 6.54 Å². The average molecular weight is 273 g/mol. The maximum Gasteiger partial charge on any atom is 0.141 e. The topological polar surface area (TPSA) is 60.0 Å². The summed E-state index contributed by atoms with van der Waals surface area (Å²) in [7, 11) is 2.09. The number of nitrogens with two attached hydrogens (primary N) is 1. The number of hydrogen-bond acceptors (Lipinski definition) is 4. The minimum Gasteiger partial charge on any atom is -0.399 e. The lowest BCUT2D eigenvalue weighted by Crippen LogP contribution is -2.24. The predicted octanol–water partition coefficient (Wildman–Crippen LogP) is 2.63. The van der Waals surface area contributed by atoms with Crippen LogP contribution in [0.2, 0.25) is 0 Å². The SMILES string of the molecule is CC(c1cccc(N)c1)N(C)Cc1ncnn1C(C)C. The Balaban J connectivity index is 2.11. The molecule has 1 aromatic heterocycles. The van der Waals surface area contributed by atoms with E-state index in [0.29, 0.717) is 6.04 Å². The van der Waals surface area contributed by atoms with E-state index in [9.17, 15) is 0 Å². The molecule has 0 radical (unpaired) electrons. The maximum atomic E-state index is 5.85. The van der Waals surface area contributed by atoms with E-state index in [1.54, 1.807) is 6.33 Å². The van der Waals surface area contributed by atoms with Crippen LogP contribution in [-0.4, -0.2) is 26.7 Å². The summed E-state index contributed by atoms with van der Waals surface area (Å²) < 4.78 is 1.96. The lowest BCUT2D eigenvalue weighted by molar-refractivity contribution is 0.240. The molecule has 1 aromatic carbocycles. The van der Waals surface area contributed by atoms with Gasteiger partial charge in [0.1, 0.15) is 12.2 Å². The van der Waals surface area contributed by atoms with Gasteiger partial charge in [-0.2, -0.15) is 5.10 Å². The number of hydrogen-bond donors (Lipinski definition) is 1. The van der Waals surface area contributed by atoms with Gasteiger partial charge < -0.3 is 5.73 Å². The lowest BCUT2D eigenvalue weighted by atomic mass is 10.1. The average Bonchev–Trinajstić information content (AvgIpc) is 2.86. The van der Waals surface area contributed by atoms with E-state index < -0.39 is 0 Å². The fourth-order valence-corrected chi connectivity index (χ4v) is 2.25. The van der Waals surface area contributed by atoms with Crippen molar-refractivity contribution in [3.63, 3.8) is 0 Å². The third-order valence-corrected chi connectivity index (χ3v) is 3.58. The van der Waals surface area contributed by atoms with Gasteiger partial charge in [-0.05, 0) is 45.5 Å². The largest absolute Gasteiger partial charge is 0.399 e. The van der Waals surface area contributed by atoms with Crippen molar-refractivity contribution >= 4 is 5.69 Å². The first-order chi connectivity index (χ1) is 9.49. The summed E-state index contributed by atoms with van der Waals surface area (Å²) in [6.45, 7) is 7.15. The molecule has 20 heavy (non-hydrogen) atoms. The van der Waals surface area contributed by atoms with Crippen LogP contribution >= 0.6 is 0 Å². The Bertz CT molecular complexity index is 561. The van der Waals surface area contributed by atoms with Crippen LogP contribution in [0.1, 0.15) is 44.2 Å². The number of anilines is 1. The van der Waals surface area contributed by atoms with Gasteiger partial charge >= 0.3 is 0 Å². The predicted molar refractivity (Wildman–Crippen MR) is 81.1 cm³/mol. The number of aromatic nitrogens is 3. The van der Waals surface area contributed by atoms with Gasteiger partial charge in [0.25, 0.3) is 0 Å². The van der Waals surface area contributed by atoms with E-state index in [2.05, 4.69) is 48.9 Å². The number of rotatable bonds is 5. The Morgan fingerprint density at radius 1 is 1.30 bits per heavy atom. The summed E-state index contributed by atoms with van der Waals surface area (Å²) in [6.07, 6.45) is 1.62. The van der Waals surface area contributed by atoms with Crippen molar-refractivity contribution in [1.29, 1.82) is 0 Å². The summed E-state index contributed by atoms with van der Waals surface area (Å²) in [5.41, 5.74) is 7.86. The second kappa shape index (κ2) is 6.05. The molecule has 0 aliphatic heterocycles. The van der Waals surface area contributed by atoms with Crippen LogP contribution in [0, 0.1) is 0 Å². The van der Waals surface area contributed by atoms with Gasteiger partial charge in [-0.25, -0.2) is 9.67 Å². The highest BCUT2D eigenvalue weighted by molar-refractivity contribution is 5.41. The summed E-state index contributed by atoms with van der Waals surface area (Å²) >= 11 is 0. The van der Waals surface area contributed by atoms with Gasteiger partial charge in [0.2, 0.25) is 0 Å². The zero-order chi connectivity index (χ0) is 14.7. The zero-order valence-electron chi connectivity index (χ0n) is 12.6. The fraction of sp³-hybridized carbons (Fsp3) is 0.467. The van der Waals surface area contributed by atoms with E-state index in [1.165, 1.54) is 5.56 Å². The molecule has 2 aromatic rings. The standard InChI is InChI=1S/C15H23N5/c1-11(2)20-15(17-10-18-20)9-19(4)12(3)13-6-5-7-14(16)8-13/h5-8,10-12H,9,16H2,1-4H3. The highest BCUT2D eigenvalue weighted by Crippen LogP contribution is 2.22. The van der Waals surface area contributed by atoms with Crippen molar-refractivity contribution in [2.75, 3.05) is 12.8 Å². The lowest BCUT2D eigenvalue weighted by Gasteiger charge is -2.25. The Kier molecular flexibility index (Phi) is 4.39. The highest BCUT2D eigenvalue weighted by Gasteiger charge is 2.16. The molecular formula is C15H23N5. The Morgan fingerprint density at radius 3 is 2.70 bits per heavy atom. The van der Waals surface area contributed by atoms with E-state index >= 15 is 0 Å². The smallest absolute Gasteiger partial charge is 0.141 e. The first kappa shape index (κ1) is 14.5. The molecule has 2 rings (SSSR count). The number of benzene rings is 1. The molecule has 0 fully saturated rings. The molecule has 0 aliphatic carbocycles. The first-order valence-corrected chi connectivity index (χ1v) is 6.93. The van der Waals surface area contributed by atoms with Gasteiger partial charge in [0, 0.05) is 17.8 Å². The molecule has 0 bridgehead atoms. The Labute approximate surface area is 120 Å². The molecule has 0 aliphatic rings. The van der Waals surface area contributed by atoms with Crippen molar-refractivity contribution in [3.8, 4) is 0 Å². The van der Waals surface area contributed by atoms with Gasteiger partial charge in [0.05, 0.1) is 6.54 Å². The Morgan fingerprint density at radius 2 is 2.05 bits per heavy atom. The second-order valence-electron chi connectivity index (χ2n) is 5.48. The van der Waals surface area contributed by atoms with E-state index in [1.807, 2.05) is 22.9 Å². The maximum absolute atomic E-state index is 5.85. The number of nitrogens with zero attached hydrogens (tertiary/aromatic N) is 4. The van der Waals surface area contributed by atoms with Crippen LogP contribution < -0.4 is 5.73 Å². The van der Waals surface area contributed by atoms with Crippen molar-refractivity contribution in [2.24, 2.45) is 0 Å². The molecule has 1 unspecified atom stereocenters. The fourth-order valence-electron chi connectivity index (χ4n) is 2.25. The molecule has 108 valence electrons. The highest BCUT2D eigenvalue weighted by atomic mass is 15.4. The van der Waals surface area contributed by atoms with Gasteiger partial charge in [-0.15, -0.1) is 0 Å². The summed E-state index contributed by atoms with van der Waals surface area (Å²) in [6, 6.07) is 8.62. The van der Waals surface area contributed by atoms with E-state index in [0.717, 1.165) is 18.1 Å². The number of nitrogen functional groups attached to an aromatic ring is 1. The van der Waals surface area contributed by atoms with Crippen molar-refractivity contribution in [2.45, 2.75) is 39.4 Å². The molecule has 0 saturated heterocycles. The molecule has 5 heteroatoms. The van der Waals surface area contributed by atoms with Crippen LogP contribution in [0.3, 0.4) is 0 Å². The molecule has 5 nitrogen and oxygen atoms in total. The molecular weight excluding hydrogens is 250 g/mol. The van der Waals surface area contributed by atoms with Crippen molar-refractivity contribution in [1.82, 2.24) is 19.7 Å². The minimum atomic E-state index is 0.274. The van der Waals surface area contributed by atoms with E-state index in [4.69, 9.17) is 5.73 Å². The van der Waals surface area contributed by atoms with Crippen LogP contribution in [0.25, 0.3) is 0 Å². The normalized spacial score (nSPS) is 13.1. The van der Waals surface area contributed by atoms with Crippen molar-refractivity contribution in [3.05, 3.63) is 42.0 Å². The molecule has 2 N–H and O–H groups in total. The summed E-state index contributed by atoms with van der Waals surface area (Å²) in [5.74, 6) is 0.984. The Hall–Kier alpha value is -1.88. The van der Waals surface area contributed by atoms with Crippen LogP contribution in [0.4, 0.5) is 5.69 Å². The van der Waals surface area contributed by atoms with Gasteiger partial charge in [-0.1, -0.05) is 12.1 Å².